The molecule has 0 aliphatic carbocycles. The van der Waals surface area contributed by atoms with E-state index in [1.807, 2.05) is 29.4 Å². The van der Waals surface area contributed by atoms with Gasteiger partial charge in [0.2, 0.25) is 5.95 Å². The van der Waals surface area contributed by atoms with Crippen LogP contribution < -0.4 is 10.2 Å². The Morgan fingerprint density at radius 2 is 1.79 bits per heavy atom. The van der Waals surface area contributed by atoms with Crippen LogP contribution in [0.1, 0.15) is 28.8 Å². The van der Waals surface area contributed by atoms with Gasteiger partial charge >= 0.3 is 0 Å². The molecule has 2 aromatic heterocycles. The highest BCUT2D eigenvalue weighted by molar-refractivity contribution is 6.35. The van der Waals surface area contributed by atoms with Gasteiger partial charge in [-0.05, 0) is 36.6 Å². The Morgan fingerprint density at radius 3 is 2.51 bits per heavy atom. The van der Waals surface area contributed by atoms with E-state index in [0.29, 0.717) is 66.6 Å². The molecule has 0 radical (unpaired) electrons. The maximum absolute atomic E-state index is 13.1. The van der Waals surface area contributed by atoms with Crippen molar-refractivity contribution in [3.63, 3.8) is 0 Å². The molecule has 2 aliphatic heterocycles. The average Bonchev–Trinajstić information content (AvgIpc) is 3.62. The van der Waals surface area contributed by atoms with Crippen LogP contribution in [0.3, 0.4) is 0 Å². The number of nitrogens with zero attached hydrogens (tertiary/aromatic N) is 6. The highest BCUT2D eigenvalue weighted by Crippen LogP contribution is 2.26. The van der Waals surface area contributed by atoms with Crippen molar-refractivity contribution in [1.82, 2.24) is 24.4 Å². The molecule has 6 rings (SSSR count). The minimum atomic E-state index is -0.0877. The first kappa shape index (κ1) is 25.9. The van der Waals surface area contributed by atoms with Crippen LogP contribution in [-0.4, -0.2) is 75.8 Å². The van der Waals surface area contributed by atoms with Crippen LogP contribution in [0.25, 0.3) is 11.2 Å². The monoisotopic (exact) mass is 565 g/mol. The summed E-state index contributed by atoms with van der Waals surface area (Å²) in [5, 5.41) is 4.37. The molecule has 39 heavy (non-hydrogen) atoms. The molecular weight excluding hydrogens is 537 g/mol. The van der Waals surface area contributed by atoms with Gasteiger partial charge in [0.25, 0.3) is 5.91 Å². The summed E-state index contributed by atoms with van der Waals surface area (Å²) in [6.45, 7) is 4.39. The number of imidazole rings is 1. The van der Waals surface area contributed by atoms with E-state index in [1.165, 1.54) is 5.56 Å². The molecule has 0 saturated carbocycles. The Kier molecular flexibility index (Phi) is 7.54. The summed E-state index contributed by atoms with van der Waals surface area (Å²) in [7, 11) is 0. The Morgan fingerprint density at radius 1 is 1.03 bits per heavy atom. The topological polar surface area (TPSA) is 88.4 Å². The van der Waals surface area contributed by atoms with Crippen molar-refractivity contribution < 1.29 is 9.53 Å². The van der Waals surface area contributed by atoms with Crippen molar-refractivity contribution in [2.45, 2.75) is 25.5 Å². The Balaban J connectivity index is 1.24. The van der Waals surface area contributed by atoms with Gasteiger partial charge in [-0.25, -0.2) is 4.98 Å². The fourth-order valence-electron chi connectivity index (χ4n) is 5.08. The van der Waals surface area contributed by atoms with Gasteiger partial charge in [0.15, 0.2) is 17.0 Å². The summed E-state index contributed by atoms with van der Waals surface area (Å²) in [4.78, 5) is 31.5. The van der Waals surface area contributed by atoms with Gasteiger partial charge in [0, 0.05) is 54.9 Å². The van der Waals surface area contributed by atoms with Crippen molar-refractivity contribution in [3.05, 3.63) is 76.0 Å². The van der Waals surface area contributed by atoms with E-state index in [9.17, 15) is 4.79 Å². The first-order valence-corrected chi connectivity index (χ1v) is 13.9. The van der Waals surface area contributed by atoms with Crippen LogP contribution in [0, 0.1) is 0 Å². The van der Waals surface area contributed by atoms with Crippen LogP contribution in [-0.2, 0) is 11.3 Å². The van der Waals surface area contributed by atoms with Gasteiger partial charge in [-0.2, -0.15) is 9.97 Å². The lowest BCUT2D eigenvalue weighted by Crippen LogP contribution is -2.49. The maximum Gasteiger partial charge on any atom is 0.254 e. The number of hydrogen-bond acceptors (Lipinski definition) is 7. The largest absolute Gasteiger partial charge is 0.376 e. The molecule has 0 spiro atoms. The van der Waals surface area contributed by atoms with Crippen LogP contribution in [0.5, 0.6) is 0 Å². The second-order valence-electron chi connectivity index (χ2n) is 9.86. The van der Waals surface area contributed by atoms with E-state index < -0.39 is 0 Å². The Bertz CT molecular complexity index is 1450. The first-order chi connectivity index (χ1) is 19.0. The lowest BCUT2D eigenvalue weighted by atomic mass is 10.2. The molecule has 11 heteroatoms. The highest BCUT2D eigenvalue weighted by Gasteiger charge is 2.26. The predicted octanol–water partition coefficient (Wildman–Crippen LogP) is 4.73. The van der Waals surface area contributed by atoms with Crippen molar-refractivity contribution in [3.8, 4) is 0 Å². The molecule has 4 heterocycles. The fraction of sp³-hybridized carbons (Fsp3) is 0.357. The summed E-state index contributed by atoms with van der Waals surface area (Å²) in [5.74, 6) is 1.23. The van der Waals surface area contributed by atoms with Crippen LogP contribution >= 0.6 is 23.2 Å². The van der Waals surface area contributed by atoms with Crippen LogP contribution in [0.2, 0.25) is 10.0 Å². The zero-order chi connectivity index (χ0) is 26.8. The number of anilines is 2. The number of aromatic nitrogens is 4. The number of nitrogens with one attached hydrogen (secondary N) is 1. The van der Waals surface area contributed by atoms with E-state index in [1.54, 1.807) is 18.2 Å². The number of fused-ring (bicyclic) bond motifs is 1. The first-order valence-electron chi connectivity index (χ1n) is 13.2. The molecule has 2 saturated heterocycles. The van der Waals surface area contributed by atoms with E-state index in [2.05, 4.69) is 31.9 Å². The molecule has 1 atom stereocenters. The molecule has 0 bridgehead atoms. The molecule has 1 N–H and O–H groups in total. The minimum Gasteiger partial charge on any atom is -0.376 e. The van der Waals surface area contributed by atoms with Crippen LogP contribution in [0.4, 0.5) is 11.8 Å². The Hall–Kier alpha value is -3.40. The number of ether oxygens (including phenoxy) is 1. The fourth-order valence-corrected chi connectivity index (χ4v) is 5.60. The number of benzene rings is 2. The Labute approximate surface area is 236 Å². The number of hydrogen-bond donors (Lipinski definition) is 1. The summed E-state index contributed by atoms with van der Waals surface area (Å²) in [6.07, 6.45) is 4.09. The van der Waals surface area contributed by atoms with E-state index in [4.69, 9.17) is 37.9 Å². The molecule has 2 aliphatic rings. The van der Waals surface area contributed by atoms with Gasteiger partial charge in [-0.1, -0.05) is 53.5 Å². The molecule has 2 aromatic carbocycles. The molecule has 9 nitrogen and oxygen atoms in total. The van der Waals surface area contributed by atoms with Crippen molar-refractivity contribution in [1.29, 1.82) is 0 Å². The van der Waals surface area contributed by atoms with Crippen molar-refractivity contribution in [2.24, 2.45) is 0 Å². The van der Waals surface area contributed by atoms with E-state index in [0.717, 1.165) is 30.6 Å². The summed E-state index contributed by atoms with van der Waals surface area (Å²) >= 11 is 12.2. The van der Waals surface area contributed by atoms with Gasteiger partial charge in [0.05, 0.1) is 19.0 Å². The highest BCUT2D eigenvalue weighted by atomic mass is 35.5. The normalized spacial score (nSPS) is 17.6. The molecular formula is C28H29Cl2N7O2. The number of halogens is 2. The van der Waals surface area contributed by atoms with E-state index in [-0.39, 0.29) is 12.0 Å². The maximum atomic E-state index is 13.1. The quantitative estimate of drug-likeness (QED) is 0.346. The predicted molar refractivity (Wildman–Crippen MR) is 153 cm³/mol. The zero-order valence-electron chi connectivity index (χ0n) is 21.4. The van der Waals surface area contributed by atoms with Gasteiger partial charge in [-0.3, -0.25) is 4.79 Å². The number of amides is 1. The molecule has 4 aromatic rings. The number of piperazine rings is 1. The van der Waals surface area contributed by atoms with Gasteiger partial charge in [-0.15, -0.1) is 0 Å². The SMILES string of the molecule is O=C(c1cc(Cl)cc(Cl)c1)N1CCN(c2nc(NCC3CCCO3)c3ncn(Cc4ccccc4)c3n2)CC1. The number of carbonyl (C=O) groups excluding carboxylic acids is 1. The second kappa shape index (κ2) is 11.4. The zero-order valence-corrected chi connectivity index (χ0v) is 22.9. The van der Waals surface area contributed by atoms with Gasteiger partial charge < -0.3 is 24.4 Å². The molecule has 202 valence electrons. The summed E-state index contributed by atoms with van der Waals surface area (Å²) in [6, 6.07) is 15.2. The summed E-state index contributed by atoms with van der Waals surface area (Å²) in [5.41, 5.74) is 3.16. The third-order valence-corrected chi connectivity index (χ3v) is 7.56. The third-order valence-electron chi connectivity index (χ3n) is 7.13. The average molecular weight is 566 g/mol. The second-order valence-corrected chi connectivity index (χ2v) is 10.7. The summed E-state index contributed by atoms with van der Waals surface area (Å²) < 4.78 is 7.86. The standard InChI is InChI=1S/C28H29Cl2N7O2/c29-21-13-20(14-22(30)15-21)27(38)35-8-10-36(11-9-35)28-33-25(31-16-23-7-4-12-39-23)24-26(34-28)37(18-32-24)17-19-5-2-1-3-6-19/h1-3,5-6,13-15,18,23H,4,7-12,16-17H2,(H,31,33,34). The van der Waals surface area contributed by atoms with Gasteiger partial charge in [0.1, 0.15) is 0 Å². The molecule has 1 amide bonds. The lowest BCUT2D eigenvalue weighted by molar-refractivity contribution is 0.0746. The van der Waals surface area contributed by atoms with E-state index >= 15 is 0 Å². The molecule has 2 fully saturated rings. The number of rotatable bonds is 7. The lowest BCUT2D eigenvalue weighted by Gasteiger charge is -2.35. The van der Waals surface area contributed by atoms with Crippen molar-refractivity contribution in [2.75, 3.05) is 49.5 Å². The number of carbonyl (C=O) groups is 1. The van der Waals surface area contributed by atoms with Crippen molar-refractivity contribution >= 4 is 52.0 Å². The molecule has 1 unspecified atom stereocenters. The smallest absolute Gasteiger partial charge is 0.254 e. The third kappa shape index (κ3) is 5.80. The van der Waals surface area contributed by atoms with Crippen LogP contribution in [0.15, 0.2) is 54.9 Å². The minimum absolute atomic E-state index is 0.0877.